The Morgan fingerprint density at radius 1 is 1.26 bits per heavy atom. The highest BCUT2D eigenvalue weighted by atomic mass is 16.3. The van der Waals surface area contributed by atoms with Gasteiger partial charge in [0.05, 0.1) is 5.92 Å². The normalized spacial score (nSPS) is 29.2. The quantitative estimate of drug-likeness (QED) is 0.872. The van der Waals surface area contributed by atoms with Gasteiger partial charge in [-0.25, -0.2) is 0 Å². The molecule has 0 aromatic heterocycles. The molecule has 2 aliphatic rings. The maximum absolute atomic E-state index is 12.3. The molecule has 0 aliphatic heterocycles. The van der Waals surface area contributed by atoms with Crippen molar-refractivity contribution in [3.8, 4) is 0 Å². The summed E-state index contributed by atoms with van der Waals surface area (Å²) < 4.78 is 0. The molecule has 0 saturated heterocycles. The fourth-order valence-corrected chi connectivity index (χ4v) is 3.39. The van der Waals surface area contributed by atoms with Gasteiger partial charge in [-0.15, -0.1) is 0 Å². The summed E-state index contributed by atoms with van der Waals surface area (Å²) in [5, 5.41) is 12.6. The highest BCUT2D eigenvalue weighted by Gasteiger charge is 2.34. The Kier molecular flexibility index (Phi) is 3.56. The van der Waals surface area contributed by atoms with Crippen molar-refractivity contribution in [3.63, 3.8) is 0 Å². The van der Waals surface area contributed by atoms with E-state index in [1.54, 1.807) is 0 Å². The Morgan fingerprint density at radius 2 is 2.05 bits per heavy atom. The van der Waals surface area contributed by atoms with Gasteiger partial charge in [-0.3, -0.25) is 4.79 Å². The monoisotopic (exact) mass is 259 g/mol. The molecule has 3 unspecified atom stereocenters. The van der Waals surface area contributed by atoms with Crippen molar-refractivity contribution in [1.29, 1.82) is 0 Å². The van der Waals surface area contributed by atoms with Gasteiger partial charge in [0.25, 0.3) is 0 Å². The standard InChI is InChI=1S/C16H21NO2/c18-10-12-6-2-4-8-15(12)17-16(19)14-9-11-5-1-3-7-13(11)14/h1,3,5,7,12,14-15,18H,2,4,6,8-10H2,(H,17,19). The third-order valence-corrected chi connectivity index (χ3v) is 4.64. The molecule has 3 nitrogen and oxygen atoms in total. The van der Waals surface area contributed by atoms with Crippen LogP contribution in [-0.4, -0.2) is 23.7 Å². The van der Waals surface area contributed by atoms with Crippen LogP contribution < -0.4 is 5.32 Å². The van der Waals surface area contributed by atoms with Crippen molar-refractivity contribution in [2.24, 2.45) is 5.92 Å². The van der Waals surface area contributed by atoms with E-state index in [4.69, 9.17) is 0 Å². The van der Waals surface area contributed by atoms with Crippen LogP contribution in [-0.2, 0) is 11.2 Å². The van der Waals surface area contributed by atoms with Crippen LogP contribution >= 0.6 is 0 Å². The molecule has 1 aromatic carbocycles. The molecule has 1 fully saturated rings. The summed E-state index contributed by atoms with van der Waals surface area (Å²) in [4.78, 5) is 12.3. The lowest BCUT2D eigenvalue weighted by Crippen LogP contribution is -2.46. The first-order chi connectivity index (χ1) is 9.29. The number of carbonyl (C=O) groups is 1. The van der Waals surface area contributed by atoms with Crippen LogP contribution in [0.1, 0.15) is 42.7 Å². The number of nitrogens with one attached hydrogen (secondary N) is 1. The average Bonchev–Trinajstić information content (AvgIpc) is 2.41. The topological polar surface area (TPSA) is 49.3 Å². The second-order valence-corrected chi connectivity index (χ2v) is 5.80. The molecule has 1 amide bonds. The first kappa shape index (κ1) is 12.7. The number of aliphatic hydroxyl groups is 1. The van der Waals surface area contributed by atoms with Crippen molar-refractivity contribution in [2.45, 2.75) is 44.1 Å². The summed E-state index contributed by atoms with van der Waals surface area (Å²) in [6, 6.07) is 8.33. The highest BCUT2D eigenvalue weighted by molar-refractivity contribution is 5.87. The van der Waals surface area contributed by atoms with Crippen LogP contribution in [0.2, 0.25) is 0 Å². The van der Waals surface area contributed by atoms with Crippen LogP contribution in [0.3, 0.4) is 0 Å². The second kappa shape index (κ2) is 5.33. The minimum Gasteiger partial charge on any atom is -0.396 e. The van der Waals surface area contributed by atoms with Crippen LogP contribution in [0.5, 0.6) is 0 Å². The number of amides is 1. The lowest BCUT2D eigenvalue weighted by Gasteiger charge is -2.35. The molecule has 0 spiro atoms. The van der Waals surface area contributed by atoms with Gasteiger partial charge >= 0.3 is 0 Å². The summed E-state index contributed by atoms with van der Waals surface area (Å²) in [6.07, 6.45) is 5.22. The summed E-state index contributed by atoms with van der Waals surface area (Å²) in [6.45, 7) is 0.187. The Morgan fingerprint density at radius 3 is 2.84 bits per heavy atom. The third-order valence-electron chi connectivity index (χ3n) is 4.64. The van der Waals surface area contributed by atoms with E-state index in [-0.39, 0.29) is 30.4 Å². The van der Waals surface area contributed by atoms with E-state index >= 15 is 0 Å². The number of rotatable bonds is 3. The number of carbonyl (C=O) groups excluding carboxylic acids is 1. The summed E-state index contributed by atoms with van der Waals surface area (Å²) in [5.41, 5.74) is 2.47. The molecule has 0 radical (unpaired) electrons. The zero-order chi connectivity index (χ0) is 13.2. The highest BCUT2D eigenvalue weighted by Crippen LogP contribution is 2.35. The molecular weight excluding hydrogens is 238 g/mol. The summed E-state index contributed by atoms with van der Waals surface area (Å²) in [7, 11) is 0. The molecule has 1 aromatic rings. The molecular formula is C16H21NO2. The fourth-order valence-electron chi connectivity index (χ4n) is 3.39. The molecule has 1 saturated carbocycles. The average molecular weight is 259 g/mol. The minimum absolute atomic E-state index is 0.0254. The Balaban J connectivity index is 1.63. The molecule has 19 heavy (non-hydrogen) atoms. The molecule has 0 heterocycles. The van der Waals surface area contributed by atoms with Crippen LogP contribution in [0.15, 0.2) is 24.3 Å². The largest absolute Gasteiger partial charge is 0.396 e. The van der Waals surface area contributed by atoms with Crippen molar-refractivity contribution >= 4 is 5.91 Å². The van der Waals surface area contributed by atoms with Gasteiger partial charge < -0.3 is 10.4 Å². The minimum atomic E-state index is 0.0254. The van der Waals surface area contributed by atoms with Crippen LogP contribution in [0.4, 0.5) is 0 Å². The van der Waals surface area contributed by atoms with E-state index in [0.717, 1.165) is 25.7 Å². The molecule has 3 rings (SSSR count). The van der Waals surface area contributed by atoms with Gasteiger partial charge in [-0.2, -0.15) is 0 Å². The molecule has 3 atom stereocenters. The number of benzene rings is 1. The van der Waals surface area contributed by atoms with E-state index < -0.39 is 0 Å². The lowest BCUT2D eigenvalue weighted by atomic mass is 9.76. The predicted molar refractivity (Wildman–Crippen MR) is 73.9 cm³/mol. The van der Waals surface area contributed by atoms with Gasteiger partial charge in [0.15, 0.2) is 0 Å². The van der Waals surface area contributed by atoms with Gasteiger partial charge in [0.1, 0.15) is 0 Å². The van der Waals surface area contributed by atoms with E-state index in [2.05, 4.69) is 11.4 Å². The third kappa shape index (κ3) is 2.39. The second-order valence-electron chi connectivity index (χ2n) is 5.80. The number of fused-ring (bicyclic) bond motifs is 1. The zero-order valence-electron chi connectivity index (χ0n) is 11.1. The Hall–Kier alpha value is -1.35. The van der Waals surface area contributed by atoms with E-state index in [1.807, 2.05) is 18.2 Å². The fraction of sp³-hybridized carbons (Fsp3) is 0.562. The van der Waals surface area contributed by atoms with Crippen molar-refractivity contribution < 1.29 is 9.90 Å². The molecule has 0 bridgehead atoms. The lowest BCUT2D eigenvalue weighted by molar-refractivity contribution is -0.124. The number of hydrogen-bond donors (Lipinski definition) is 2. The van der Waals surface area contributed by atoms with Gasteiger partial charge in [0, 0.05) is 18.6 Å². The van der Waals surface area contributed by atoms with E-state index in [0.29, 0.717) is 0 Å². The SMILES string of the molecule is O=C(NC1CCCCC1CO)C1Cc2ccccc21. The van der Waals surface area contributed by atoms with Crippen molar-refractivity contribution in [3.05, 3.63) is 35.4 Å². The maximum atomic E-state index is 12.3. The predicted octanol–water partition coefficient (Wildman–Crippen LogP) is 1.99. The number of hydrogen-bond acceptors (Lipinski definition) is 2. The Labute approximate surface area is 114 Å². The van der Waals surface area contributed by atoms with Crippen LogP contribution in [0.25, 0.3) is 0 Å². The van der Waals surface area contributed by atoms with Gasteiger partial charge in [-0.05, 0) is 30.4 Å². The van der Waals surface area contributed by atoms with Crippen LogP contribution in [0, 0.1) is 5.92 Å². The first-order valence-electron chi connectivity index (χ1n) is 7.28. The maximum Gasteiger partial charge on any atom is 0.228 e. The molecule has 102 valence electrons. The molecule has 3 heteroatoms. The first-order valence-corrected chi connectivity index (χ1v) is 7.28. The smallest absolute Gasteiger partial charge is 0.228 e. The zero-order valence-corrected chi connectivity index (χ0v) is 11.1. The van der Waals surface area contributed by atoms with Crippen molar-refractivity contribution in [2.75, 3.05) is 6.61 Å². The van der Waals surface area contributed by atoms with Gasteiger partial charge in [-0.1, -0.05) is 37.1 Å². The number of aliphatic hydroxyl groups excluding tert-OH is 1. The molecule has 2 aliphatic carbocycles. The summed E-state index contributed by atoms with van der Waals surface area (Å²) >= 11 is 0. The van der Waals surface area contributed by atoms with E-state index in [9.17, 15) is 9.90 Å². The summed E-state index contributed by atoms with van der Waals surface area (Å²) in [5.74, 6) is 0.412. The molecule has 2 N–H and O–H groups in total. The Bertz CT molecular complexity index is 472. The van der Waals surface area contributed by atoms with Gasteiger partial charge in [0.2, 0.25) is 5.91 Å². The van der Waals surface area contributed by atoms with Crippen molar-refractivity contribution in [1.82, 2.24) is 5.32 Å². The van der Waals surface area contributed by atoms with E-state index in [1.165, 1.54) is 17.5 Å².